The number of halogens is 1. The number of para-hydroxylation sites is 2. The van der Waals surface area contributed by atoms with Gasteiger partial charge in [0.1, 0.15) is 5.82 Å². The maximum atomic E-state index is 12.6. The van der Waals surface area contributed by atoms with Crippen LogP contribution in [0, 0.1) is 20.8 Å². The summed E-state index contributed by atoms with van der Waals surface area (Å²) in [4.78, 5) is 22.5. The second-order valence-electron chi connectivity index (χ2n) is 6.40. The quantitative estimate of drug-likeness (QED) is 0.433. The van der Waals surface area contributed by atoms with Gasteiger partial charge in [0.15, 0.2) is 0 Å². The number of rotatable bonds is 3. The fraction of sp³-hybridized carbons (Fsp3) is 0.227. The van der Waals surface area contributed by atoms with Gasteiger partial charge in [-0.25, -0.2) is 9.97 Å². The Morgan fingerprint density at radius 2 is 1.75 bits per heavy atom. The first kappa shape index (κ1) is 20.2. The summed E-state index contributed by atoms with van der Waals surface area (Å²) in [5.41, 5.74) is 5.66. The molecule has 0 aliphatic heterocycles. The molecular weight excluding hydrogens is 390 g/mol. The first-order chi connectivity index (χ1) is 13.5. The van der Waals surface area contributed by atoms with Gasteiger partial charge in [-0.3, -0.25) is 9.36 Å². The van der Waals surface area contributed by atoms with Crippen molar-refractivity contribution in [3.63, 3.8) is 0 Å². The highest BCUT2D eigenvalue weighted by molar-refractivity contribution is 7.09. The third-order valence-electron chi connectivity index (χ3n) is 4.47. The SMILES string of the molecule is Cc1ccccc1-n1c(C)nc2ccccc2c1=O.Cc1ncsc1CCCl. The van der Waals surface area contributed by atoms with Crippen LogP contribution in [-0.4, -0.2) is 20.4 Å². The van der Waals surface area contributed by atoms with Gasteiger partial charge >= 0.3 is 0 Å². The van der Waals surface area contributed by atoms with Crippen molar-refractivity contribution >= 4 is 33.8 Å². The van der Waals surface area contributed by atoms with Gasteiger partial charge in [-0.15, -0.1) is 22.9 Å². The van der Waals surface area contributed by atoms with Crippen molar-refractivity contribution in [2.75, 3.05) is 5.88 Å². The van der Waals surface area contributed by atoms with Crippen molar-refractivity contribution in [1.82, 2.24) is 14.5 Å². The van der Waals surface area contributed by atoms with Gasteiger partial charge in [0.05, 0.1) is 27.8 Å². The van der Waals surface area contributed by atoms with Gasteiger partial charge in [-0.05, 0) is 51.0 Å². The second-order valence-corrected chi connectivity index (χ2v) is 7.72. The third-order valence-corrected chi connectivity index (χ3v) is 5.65. The molecule has 2 heterocycles. The summed E-state index contributed by atoms with van der Waals surface area (Å²) in [6.07, 6.45) is 0.956. The second kappa shape index (κ2) is 9.13. The molecule has 0 atom stereocenters. The maximum absolute atomic E-state index is 12.6. The summed E-state index contributed by atoms with van der Waals surface area (Å²) in [6.45, 7) is 5.87. The van der Waals surface area contributed by atoms with E-state index >= 15 is 0 Å². The number of aromatic nitrogens is 3. The van der Waals surface area contributed by atoms with Crippen LogP contribution in [0.3, 0.4) is 0 Å². The van der Waals surface area contributed by atoms with Gasteiger partial charge in [0, 0.05) is 10.8 Å². The number of nitrogens with zero attached hydrogens (tertiary/aromatic N) is 3. The Hall–Kier alpha value is -2.50. The molecule has 0 fully saturated rings. The van der Waals surface area contributed by atoms with Gasteiger partial charge in [0.25, 0.3) is 5.56 Å². The first-order valence-electron chi connectivity index (χ1n) is 9.02. The highest BCUT2D eigenvalue weighted by Crippen LogP contribution is 2.15. The molecule has 0 unspecified atom stereocenters. The molecule has 0 spiro atoms. The van der Waals surface area contributed by atoms with Crippen molar-refractivity contribution in [3.05, 3.63) is 86.4 Å². The van der Waals surface area contributed by atoms with Crippen LogP contribution >= 0.6 is 22.9 Å². The Kier molecular flexibility index (Phi) is 6.60. The zero-order valence-corrected chi connectivity index (χ0v) is 17.7. The fourth-order valence-corrected chi connectivity index (χ4v) is 4.08. The molecule has 0 aliphatic rings. The summed E-state index contributed by atoms with van der Waals surface area (Å²) < 4.78 is 1.68. The van der Waals surface area contributed by atoms with Gasteiger partial charge < -0.3 is 0 Å². The molecule has 6 heteroatoms. The first-order valence-corrected chi connectivity index (χ1v) is 10.4. The standard InChI is InChI=1S/C16H14N2O.C6H8ClNS/c1-11-7-3-6-10-15(11)18-12(2)17-14-9-5-4-8-13(14)16(18)19;1-5-6(2-3-7)9-4-8-5/h3-10H,1-2H3;4H,2-3H2,1H3. The molecule has 0 saturated carbocycles. The molecule has 144 valence electrons. The monoisotopic (exact) mass is 411 g/mol. The van der Waals surface area contributed by atoms with Crippen LogP contribution in [0.5, 0.6) is 0 Å². The van der Waals surface area contributed by atoms with E-state index in [9.17, 15) is 4.79 Å². The molecule has 0 N–H and O–H groups in total. The number of aryl methyl sites for hydroxylation is 4. The van der Waals surface area contributed by atoms with Crippen molar-refractivity contribution in [2.24, 2.45) is 0 Å². The Morgan fingerprint density at radius 3 is 2.43 bits per heavy atom. The molecule has 0 amide bonds. The summed E-state index contributed by atoms with van der Waals surface area (Å²) >= 11 is 7.22. The van der Waals surface area contributed by atoms with Crippen LogP contribution in [-0.2, 0) is 6.42 Å². The van der Waals surface area contributed by atoms with Gasteiger partial charge in [-0.1, -0.05) is 30.3 Å². The molecule has 28 heavy (non-hydrogen) atoms. The fourth-order valence-electron chi connectivity index (χ4n) is 2.99. The number of benzene rings is 2. The molecule has 4 rings (SSSR count). The van der Waals surface area contributed by atoms with Gasteiger partial charge in [0.2, 0.25) is 0 Å². The summed E-state index contributed by atoms with van der Waals surface area (Å²) in [5.74, 6) is 1.40. The molecule has 0 saturated heterocycles. The van der Waals surface area contributed by atoms with Crippen LogP contribution in [0.25, 0.3) is 16.6 Å². The van der Waals surface area contributed by atoms with Crippen LogP contribution in [0.4, 0.5) is 0 Å². The summed E-state index contributed by atoms with van der Waals surface area (Å²) in [7, 11) is 0. The van der Waals surface area contributed by atoms with Gasteiger partial charge in [-0.2, -0.15) is 0 Å². The average molecular weight is 412 g/mol. The number of hydrogen-bond donors (Lipinski definition) is 0. The Balaban J connectivity index is 0.000000211. The lowest BCUT2D eigenvalue weighted by molar-refractivity contribution is 0.888. The predicted molar refractivity (Wildman–Crippen MR) is 118 cm³/mol. The topological polar surface area (TPSA) is 47.8 Å². The van der Waals surface area contributed by atoms with Crippen molar-refractivity contribution in [2.45, 2.75) is 27.2 Å². The number of hydrogen-bond acceptors (Lipinski definition) is 4. The molecule has 2 aromatic carbocycles. The molecular formula is C22H22ClN3OS. The van der Waals surface area contributed by atoms with E-state index in [1.807, 2.05) is 74.8 Å². The zero-order valence-electron chi connectivity index (χ0n) is 16.1. The highest BCUT2D eigenvalue weighted by Gasteiger charge is 2.10. The Morgan fingerprint density at radius 1 is 1.04 bits per heavy atom. The minimum atomic E-state index is -0.0163. The molecule has 4 nitrogen and oxygen atoms in total. The molecule has 4 aromatic rings. The van der Waals surface area contributed by atoms with E-state index in [-0.39, 0.29) is 5.56 Å². The lowest BCUT2D eigenvalue weighted by Crippen LogP contribution is -2.22. The van der Waals surface area contributed by atoms with E-state index in [1.54, 1.807) is 15.9 Å². The summed E-state index contributed by atoms with van der Waals surface area (Å²) in [6, 6.07) is 15.3. The van der Waals surface area contributed by atoms with Crippen LogP contribution in [0.1, 0.15) is 22.0 Å². The average Bonchev–Trinajstić information content (AvgIpc) is 3.09. The third kappa shape index (κ3) is 4.32. The van der Waals surface area contributed by atoms with Crippen LogP contribution in [0.2, 0.25) is 0 Å². The van der Waals surface area contributed by atoms with E-state index in [0.29, 0.717) is 17.1 Å². The van der Waals surface area contributed by atoms with Crippen LogP contribution in [0.15, 0.2) is 58.8 Å². The van der Waals surface area contributed by atoms with E-state index < -0.39 is 0 Å². The lowest BCUT2D eigenvalue weighted by atomic mass is 10.2. The highest BCUT2D eigenvalue weighted by atomic mass is 35.5. The molecule has 0 aliphatic carbocycles. The Bertz CT molecular complexity index is 1150. The number of fused-ring (bicyclic) bond motifs is 1. The van der Waals surface area contributed by atoms with Crippen molar-refractivity contribution < 1.29 is 0 Å². The zero-order chi connectivity index (χ0) is 20.1. The van der Waals surface area contributed by atoms with E-state index in [2.05, 4.69) is 9.97 Å². The minimum absolute atomic E-state index is 0.0163. The molecule has 0 bridgehead atoms. The smallest absolute Gasteiger partial charge is 0.265 e. The van der Waals surface area contributed by atoms with E-state index in [4.69, 9.17) is 11.6 Å². The minimum Gasteiger partial charge on any atom is -0.268 e. The normalized spacial score (nSPS) is 10.6. The van der Waals surface area contributed by atoms with E-state index in [1.165, 1.54) is 4.88 Å². The molecule has 2 aromatic heterocycles. The predicted octanol–water partition coefficient (Wildman–Crippen LogP) is 5.24. The molecule has 0 radical (unpaired) electrons. The van der Waals surface area contributed by atoms with Crippen molar-refractivity contribution in [3.8, 4) is 5.69 Å². The maximum Gasteiger partial charge on any atom is 0.265 e. The number of thiazole rings is 1. The van der Waals surface area contributed by atoms with E-state index in [0.717, 1.165) is 28.9 Å². The summed E-state index contributed by atoms with van der Waals surface area (Å²) in [5, 5.41) is 0.649. The van der Waals surface area contributed by atoms with Crippen LogP contribution < -0.4 is 5.56 Å². The largest absolute Gasteiger partial charge is 0.268 e. The Labute approximate surface area is 173 Å². The number of alkyl halides is 1. The van der Waals surface area contributed by atoms with Crippen molar-refractivity contribution in [1.29, 1.82) is 0 Å². The lowest BCUT2D eigenvalue weighted by Gasteiger charge is -2.12.